The van der Waals surface area contributed by atoms with Crippen molar-refractivity contribution in [1.29, 1.82) is 0 Å². The molecule has 1 aliphatic rings. The maximum atomic E-state index is 12.8. The van der Waals surface area contributed by atoms with Gasteiger partial charge in [0.25, 0.3) is 5.91 Å². The minimum absolute atomic E-state index is 0.0706. The first-order valence-corrected chi connectivity index (χ1v) is 12.7. The Morgan fingerprint density at radius 1 is 1.06 bits per heavy atom. The van der Waals surface area contributed by atoms with Crippen LogP contribution in [0.4, 0.5) is 5.69 Å². The first-order valence-electron chi connectivity index (χ1n) is 11.3. The number of unbranched alkanes of at least 4 members (excludes halogenated alkanes) is 2. The van der Waals surface area contributed by atoms with Gasteiger partial charge < -0.3 is 19.5 Å². The van der Waals surface area contributed by atoms with Crippen LogP contribution in [0, 0.1) is 0 Å². The van der Waals surface area contributed by atoms with E-state index in [4.69, 9.17) is 14.2 Å². The lowest BCUT2D eigenvalue weighted by atomic mass is 10.2. The fraction of sp³-hybridized carbons (Fsp3) is 0.417. The molecular weight excluding hydrogens is 460 g/mol. The Labute approximate surface area is 200 Å². The van der Waals surface area contributed by atoms with Crippen LogP contribution in [0.1, 0.15) is 36.5 Å². The van der Waals surface area contributed by atoms with Gasteiger partial charge in [0.1, 0.15) is 5.75 Å². The molecule has 0 aromatic heterocycles. The van der Waals surface area contributed by atoms with Crippen LogP contribution in [0.2, 0.25) is 0 Å². The Morgan fingerprint density at radius 3 is 2.50 bits per heavy atom. The van der Waals surface area contributed by atoms with E-state index >= 15 is 0 Å². The molecule has 1 amide bonds. The quantitative estimate of drug-likeness (QED) is 0.381. The van der Waals surface area contributed by atoms with E-state index in [1.807, 2.05) is 0 Å². The standard InChI is InChI=1S/C24H30N2O7S/c1-2-3-4-14-32-21-10-8-19(9-11-21)24(28)33-18-23(27)25-20-6-5-7-22(17-20)34(29,30)26-12-15-31-16-13-26/h5-11,17H,2-4,12-16,18H2,1H3,(H,25,27). The van der Waals surface area contributed by atoms with Crippen LogP contribution in [0.25, 0.3) is 0 Å². The monoisotopic (exact) mass is 490 g/mol. The Bertz CT molecular complexity index is 1060. The number of carbonyl (C=O) groups excluding carboxylic acids is 2. The van der Waals surface area contributed by atoms with E-state index in [2.05, 4.69) is 12.2 Å². The van der Waals surface area contributed by atoms with Gasteiger partial charge in [-0.3, -0.25) is 4.79 Å². The molecule has 184 valence electrons. The van der Waals surface area contributed by atoms with E-state index in [1.54, 1.807) is 36.4 Å². The van der Waals surface area contributed by atoms with Gasteiger partial charge in [-0.15, -0.1) is 0 Å². The van der Waals surface area contributed by atoms with E-state index < -0.39 is 28.5 Å². The van der Waals surface area contributed by atoms with Crippen molar-refractivity contribution in [3.05, 3.63) is 54.1 Å². The van der Waals surface area contributed by atoms with Gasteiger partial charge in [-0.1, -0.05) is 25.8 Å². The smallest absolute Gasteiger partial charge is 0.338 e. The largest absolute Gasteiger partial charge is 0.494 e. The third-order valence-corrected chi connectivity index (χ3v) is 7.06. The molecule has 3 rings (SSSR count). The molecular formula is C24H30N2O7S. The van der Waals surface area contributed by atoms with Crippen molar-refractivity contribution in [2.75, 3.05) is 44.8 Å². The van der Waals surface area contributed by atoms with E-state index in [-0.39, 0.29) is 18.0 Å². The zero-order valence-electron chi connectivity index (χ0n) is 19.2. The highest BCUT2D eigenvalue weighted by atomic mass is 32.2. The molecule has 0 bridgehead atoms. The first-order chi connectivity index (χ1) is 16.4. The summed E-state index contributed by atoms with van der Waals surface area (Å²) in [5.74, 6) is -0.557. The lowest BCUT2D eigenvalue weighted by molar-refractivity contribution is -0.119. The molecule has 0 saturated carbocycles. The fourth-order valence-electron chi connectivity index (χ4n) is 3.31. The van der Waals surface area contributed by atoms with Gasteiger partial charge in [0, 0.05) is 18.8 Å². The second-order valence-electron chi connectivity index (χ2n) is 7.75. The molecule has 10 heteroatoms. The first kappa shape index (κ1) is 25.7. The zero-order valence-corrected chi connectivity index (χ0v) is 20.0. The number of hydrogen-bond donors (Lipinski definition) is 1. The summed E-state index contributed by atoms with van der Waals surface area (Å²) in [7, 11) is -3.69. The third kappa shape index (κ3) is 7.28. The molecule has 0 aliphatic carbocycles. The second kappa shape index (κ2) is 12.5. The predicted octanol–water partition coefficient (Wildman–Crippen LogP) is 3.07. The summed E-state index contributed by atoms with van der Waals surface area (Å²) in [5, 5.41) is 2.56. The van der Waals surface area contributed by atoms with Crippen LogP contribution >= 0.6 is 0 Å². The van der Waals surface area contributed by atoms with E-state index in [0.717, 1.165) is 19.3 Å². The maximum absolute atomic E-state index is 12.8. The van der Waals surface area contributed by atoms with Gasteiger partial charge >= 0.3 is 5.97 Å². The number of sulfonamides is 1. The minimum atomic E-state index is -3.69. The lowest BCUT2D eigenvalue weighted by Crippen LogP contribution is -2.40. The third-order valence-electron chi connectivity index (χ3n) is 5.17. The number of benzene rings is 2. The molecule has 1 saturated heterocycles. The number of nitrogens with zero attached hydrogens (tertiary/aromatic N) is 1. The Morgan fingerprint density at radius 2 is 1.79 bits per heavy atom. The van der Waals surface area contributed by atoms with Crippen molar-refractivity contribution in [2.45, 2.75) is 31.1 Å². The molecule has 0 radical (unpaired) electrons. The van der Waals surface area contributed by atoms with E-state index in [0.29, 0.717) is 36.8 Å². The Hall–Kier alpha value is -2.95. The van der Waals surface area contributed by atoms with Crippen LogP contribution in [0.15, 0.2) is 53.4 Å². The van der Waals surface area contributed by atoms with Gasteiger partial charge in [0.2, 0.25) is 10.0 Å². The molecule has 1 aliphatic heterocycles. The second-order valence-corrected chi connectivity index (χ2v) is 9.69. The number of ether oxygens (including phenoxy) is 3. The molecule has 34 heavy (non-hydrogen) atoms. The molecule has 1 heterocycles. The van der Waals surface area contributed by atoms with Crippen molar-refractivity contribution in [1.82, 2.24) is 4.31 Å². The van der Waals surface area contributed by atoms with Crippen LogP contribution in [0.5, 0.6) is 5.75 Å². The highest BCUT2D eigenvalue weighted by Crippen LogP contribution is 2.20. The Kier molecular flexibility index (Phi) is 9.43. The van der Waals surface area contributed by atoms with Crippen LogP contribution in [0.3, 0.4) is 0 Å². The van der Waals surface area contributed by atoms with Gasteiger partial charge in [0.05, 0.1) is 30.3 Å². The van der Waals surface area contributed by atoms with Crippen molar-refractivity contribution >= 4 is 27.6 Å². The van der Waals surface area contributed by atoms with Gasteiger partial charge in [0.15, 0.2) is 6.61 Å². The number of rotatable bonds is 11. The molecule has 9 nitrogen and oxygen atoms in total. The van der Waals surface area contributed by atoms with Crippen LogP contribution < -0.4 is 10.1 Å². The number of carbonyl (C=O) groups is 2. The number of amides is 1. The molecule has 1 N–H and O–H groups in total. The zero-order chi connectivity index (χ0) is 24.4. The molecule has 2 aromatic rings. The molecule has 0 unspecified atom stereocenters. The highest BCUT2D eigenvalue weighted by molar-refractivity contribution is 7.89. The normalized spacial score (nSPS) is 14.4. The van der Waals surface area contributed by atoms with Crippen LogP contribution in [-0.4, -0.2) is 64.1 Å². The number of morpholine rings is 1. The summed E-state index contributed by atoms with van der Waals surface area (Å²) in [6.07, 6.45) is 3.18. The summed E-state index contributed by atoms with van der Waals surface area (Å²) >= 11 is 0. The van der Waals surface area contributed by atoms with Gasteiger partial charge in [-0.25, -0.2) is 13.2 Å². The van der Waals surface area contributed by atoms with Crippen molar-refractivity contribution in [3.8, 4) is 5.75 Å². The highest BCUT2D eigenvalue weighted by Gasteiger charge is 2.26. The van der Waals surface area contributed by atoms with Crippen molar-refractivity contribution in [2.24, 2.45) is 0 Å². The average Bonchev–Trinajstić information content (AvgIpc) is 2.86. The number of hydrogen-bond acceptors (Lipinski definition) is 7. The van der Waals surface area contributed by atoms with Crippen molar-refractivity contribution in [3.63, 3.8) is 0 Å². The number of nitrogens with one attached hydrogen (secondary N) is 1. The van der Waals surface area contributed by atoms with Gasteiger partial charge in [-0.2, -0.15) is 4.31 Å². The van der Waals surface area contributed by atoms with E-state index in [1.165, 1.54) is 16.4 Å². The summed E-state index contributed by atoms with van der Waals surface area (Å²) in [4.78, 5) is 24.6. The van der Waals surface area contributed by atoms with Crippen molar-refractivity contribution < 1.29 is 32.2 Å². The lowest BCUT2D eigenvalue weighted by Gasteiger charge is -2.26. The predicted molar refractivity (Wildman–Crippen MR) is 126 cm³/mol. The summed E-state index contributed by atoms with van der Waals surface area (Å²) in [6.45, 7) is 3.48. The SMILES string of the molecule is CCCCCOc1ccc(C(=O)OCC(=O)Nc2cccc(S(=O)(=O)N3CCOCC3)c2)cc1. The average molecular weight is 491 g/mol. The Balaban J connectivity index is 1.50. The van der Waals surface area contributed by atoms with E-state index in [9.17, 15) is 18.0 Å². The molecule has 1 fully saturated rings. The number of anilines is 1. The summed E-state index contributed by atoms with van der Waals surface area (Å²) in [6, 6.07) is 12.5. The summed E-state index contributed by atoms with van der Waals surface area (Å²) < 4.78 is 42.8. The molecule has 0 atom stereocenters. The maximum Gasteiger partial charge on any atom is 0.338 e. The van der Waals surface area contributed by atoms with Crippen LogP contribution in [-0.2, 0) is 24.3 Å². The van der Waals surface area contributed by atoms with Gasteiger partial charge in [-0.05, 0) is 48.9 Å². The molecule has 0 spiro atoms. The minimum Gasteiger partial charge on any atom is -0.494 e. The summed E-state index contributed by atoms with van der Waals surface area (Å²) in [5.41, 5.74) is 0.590. The number of esters is 1. The topological polar surface area (TPSA) is 111 Å². The molecule has 2 aromatic carbocycles. The fourth-order valence-corrected chi connectivity index (χ4v) is 4.77.